The van der Waals surface area contributed by atoms with Crippen molar-refractivity contribution in [3.8, 4) is 0 Å². The molecule has 2 aromatic heterocycles. The molecule has 4 heterocycles. The molecule has 2 fully saturated rings. The minimum atomic E-state index is 0.345. The zero-order chi connectivity index (χ0) is 14.2. The molecule has 3 atom stereocenters. The standard InChI is InChI=1S/C14H21N5OS/c1-2-9-3-5-15-11(7-9)13-18-19-12(10-4-6-20-8-10)16-17-14(19)21-13/h9-11,15H,2-8H2,1H3. The summed E-state index contributed by atoms with van der Waals surface area (Å²) < 4.78 is 7.40. The smallest absolute Gasteiger partial charge is 0.234 e. The molecule has 0 aromatic carbocycles. The average Bonchev–Trinajstić information content (AvgIpc) is 3.23. The van der Waals surface area contributed by atoms with E-state index in [1.54, 1.807) is 11.3 Å². The summed E-state index contributed by atoms with van der Waals surface area (Å²) in [6, 6.07) is 0.378. The van der Waals surface area contributed by atoms with Gasteiger partial charge in [-0.05, 0) is 31.7 Å². The Morgan fingerprint density at radius 2 is 2.33 bits per heavy atom. The molecule has 4 rings (SSSR count). The Labute approximate surface area is 127 Å². The molecule has 2 aliphatic heterocycles. The van der Waals surface area contributed by atoms with E-state index in [4.69, 9.17) is 9.84 Å². The Hall–Kier alpha value is -1.05. The largest absolute Gasteiger partial charge is 0.381 e. The lowest BCUT2D eigenvalue weighted by Gasteiger charge is -2.28. The van der Waals surface area contributed by atoms with E-state index in [1.807, 2.05) is 4.52 Å². The summed E-state index contributed by atoms with van der Waals surface area (Å²) in [5.41, 5.74) is 0. The van der Waals surface area contributed by atoms with Gasteiger partial charge in [-0.25, -0.2) is 0 Å². The third-order valence-electron chi connectivity index (χ3n) is 4.71. The van der Waals surface area contributed by atoms with Gasteiger partial charge < -0.3 is 10.1 Å². The van der Waals surface area contributed by atoms with Crippen molar-refractivity contribution in [1.82, 2.24) is 25.1 Å². The molecule has 2 aromatic rings. The van der Waals surface area contributed by atoms with Crippen molar-refractivity contribution >= 4 is 16.3 Å². The molecular formula is C14H21N5OS. The van der Waals surface area contributed by atoms with Gasteiger partial charge in [0.05, 0.1) is 12.6 Å². The normalized spacial score (nSPS) is 30.2. The summed E-state index contributed by atoms with van der Waals surface area (Å²) in [6.45, 7) is 4.93. The molecule has 7 heteroatoms. The van der Waals surface area contributed by atoms with Gasteiger partial charge in [0.2, 0.25) is 4.96 Å². The van der Waals surface area contributed by atoms with Crippen molar-refractivity contribution in [3.05, 3.63) is 10.8 Å². The maximum absolute atomic E-state index is 5.46. The zero-order valence-corrected chi connectivity index (χ0v) is 13.1. The number of nitrogens with zero attached hydrogens (tertiary/aromatic N) is 4. The first-order valence-corrected chi connectivity index (χ1v) is 8.70. The Balaban J connectivity index is 1.61. The first-order valence-electron chi connectivity index (χ1n) is 7.88. The topological polar surface area (TPSA) is 64.3 Å². The Morgan fingerprint density at radius 3 is 3.14 bits per heavy atom. The van der Waals surface area contributed by atoms with Crippen LogP contribution in [0.15, 0.2) is 0 Å². The highest BCUT2D eigenvalue weighted by molar-refractivity contribution is 7.16. The third-order valence-corrected chi connectivity index (χ3v) is 5.73. The van der Waals surface area contributed by atoms with Crippen LogP contribution in [0.25, 0.3) is 4.96 Å². The number of ether oxygens (including phenoxy) is 1. The van der Waals surface area contributed by atoms with Crippen molar-refractivity contribution in [2.75, 3.05) is 19.8 Å². The van der Waals surface area contributed by atoms with Crippen LogP contribution in [0.2, 0.25) is 0 Å². The fourth-order valence-corrected chi connectivity index (χ4v) is 4.27. The predicted octanol–water partition coefficient (Wildman–Crippen LogP) is 2.14. The van der Waals surface area contributed by atoms with Gasteiger partial charge in [0.15, 0.2) is 5.82 Å². The van der Waals surface area contributed by atoms with Crippen LogP contribution in [-0.2, 0) is 4.74 Å². The molecule has 0 saturated carbocycles. The highest BCUT2D eigenvalue weighted by Crippen LogP contribution is 2.32. The van der Waals surface area contributed by atoms with Crippen LogP contribution in [0.4, 0.5) is 0 Å². The lowest BCUT2D eigenvalue weighted by molar-refractivity contribution is 0.193. The van der Waals surface area contributed by atoms with Crippen LogP contribution >= 0.6 is 11.3 Å². The van der Waals surface area contributed by atoms with Crippen molar-refractivity contribution in [1.29, 1.82) is 0 Å². The van der Waals surface area contributed by atoms with E-state index in [0.717, 1.165) is 47.9 Å². The van der Waals surface area contributed by atoms with Gasteiger partial charge in [-0.3, -0.25) is 0 Å². The van der Waals surface area contributed by atoms with Crippen LogP contribution < -0.4 is 5.32 Å². The van der Waals surface area contributed by atoms with E-state index < -0.39 is 0 Å². The number of nitrogens with one attached hydrogen (secondary N) is 1. The van der Waals surface area contributed by atoms with Gasteiger partial charge in [-0.2, -0.15) is 9.61 Å². The zero-order valence-electron chi connectivity index (χ0n) is 12.3. The molecule has 0 radical (unpaired) electrons. The fraction of sp³-hybridized carbons (Fsp3) is 0.786. The maximum atomic E-state index is 5.46. The molecule has 2 saturated heterocycles. The van der Waals surface area contributed by atoms with Gasteiger partial charge >= 0.3 is 0 Å². The molecule has 0 amide bonds. The molecule has 6 nitrogen and oxygen atoms in total. The first-order chi connectivity index (χ1) is 10.3. The molecule has 0 spiro atoms. The quantitative estimate of drug-likeness (QED) is 0.941. The van der Waals surface area contributed by atoms with Crippen LogP contribution in [-0.4, -0.2) is 39.6 Å². The van der Waals surface area contributed by atoms with Gasteiger partial charge in [0, 0.05) is 12.5 Å². The molecule has 0 bridgehead atoms. The monoisotopic (exact) mass is 307 g/mol. The molecular weight excluding hydrogens is 286 g/mol. The predicted molar refractivity (Wildman–Crippen MR) is 80.6 cm³/mol. The summed E-state index contributed by atoms with van der Waals surface area (Å²) in [4.78, 5) is 0.910. The number of aromatic nitrogens is 4. The van der Waals surface area contributed by atoms with E-state index in [0.29, 0.717) is 12.0 Å². The summed E-state index contributed by atoms with van der Waals surface area (Å²) in [5, 5.41) is 18.2. The van der Waals surface area contributed by atoms with Crippen molar-refractivity contribution < 1.29 is 4.74 Å². The maximum Gasteiger partial charge on any atom is 0.234 e. The second kappa shape index (κ2) is 5.62. The molecule has 3 unspecified atom stereocenters. The minimum absolute atomic E-state index is 0.345. The Bertz CT molecular complexity index is 618. The molecule has 114 valence electrons. The summed E-state index contributed by atoms with van der Waals surface area (Å²) in [5.74, 6) is 2.12. The van der Waals surface area contributed by atoms with Crippen molar-refractivity contribution in [2.24, 2.45) is 5.92 Å². The van der Waals surface area contributed by atoms with Gasteiger partial charge in [-0.1, -0.05) is 24.7 Å². The summed E-state index contributed by atoms with van der Waals surface area (Å²) >= 11 is 1.67. The summed E-state index contributed by atoms with van der Waals surface area (Å²) in [6.07, 6.45) is 4.74. The molecule has 1 N–H and O–H groups in total. The molecule has 21 heavy (non-hydrogen) atoms. The summed E-state index contributed by atoms with van der Waals surface area (Å²) in [7, 11) is 0. The van der Waals surface area contributed by atoms with Crippen LogP contribution in [0.3, 0.4) is 0 Å². The number of hydrogen-bond acceptors (Lipinski definition) is 6. The number of rotatable bonds is 3. The van der Waals surface area contributed by atoms with E-state index in [2.05, 4.69) is 22.4 Å². The van der Waals surface area contributed by atoms with Crippen molar-refractivity contribution in [3.63, 3.8) is 0 Å². The van der Waals surface area contributed by atoms with Gasteiger partial charge in [-0.15, -0.1) is 10.2 Å². The van der Waals surface area contributed by atoms with Gasteiger partial charge in [0.1, 0.15) is 5.01 Å². The lowest BCUT2D eigenvalue weighted by Crippen LogP contribution is -2.31. The fourth-order valence-electron chi connectivity index (χ4n) is 3.34. The number of hydrogen-bond donors (Lipinski definition) is 1. The minimum Gasteiger partial charge on any atom is -0.381 e. The highest BCUT2D eigenvalue weighted by Gasteiger charge is 2.28. The van der Waals surface area contributed by atoms with Crippen LogP contribution in [0.1, 0.15) is 55.4 Å². The SMILES string of the molecule is CCC1CCNC(c2nn3c(C4CCOC4)nnc3s2)C1. The lowest BCUT2D eigenvalue weighted by atomic mass is 9.91. The highest BCUT2D eigenvalue weighted by atomic mass is 32.1. The van der Waals surface area contributed by atoms with E-state index in [9.17, 15) is 0 Å². The Kier molecular flexibility index (Phi) is 3.64. The van der Waals surface area contributed by atoms with E-state index in [1.165, 1.54) is 19.3 Å². The third kappa shape index (κ3) is 2.47. The number of fused-ring (bicyclic) bond motifs is 1. The van der Waals surface area contributed by atoms with Crippen LogP contribution in [0, 0.1) is 5.92 Å². The molecule has 0 aliphatic carbocycles. The average molecular weight is 307 g/mol. The van der Waals surface area contributed by atoms with E-state index >= 15 is 0 Å². The number of piperidine rings is 1. The first kappa shape index (κ1) is 13.6. The Morgan fingerprint density at radius 1 is 1.38 bits per heavy atom. The van der Waals surface area contributed by atoms with E-state index in [-0.39, 0.29) is 0 Å². The van der Waals surface area contributed by atoms with Gasteiger partial charge in [0.25, 0.3) is 0 Å². The second-order valence-electron chi connectivity index (χ2n) is 6.06. The van der Waals surface area contributed by atoms with Crippen LogP contribution in [0.5, 0.6) is 0 Å². The molecule has 2 aliphatic rings. The van der Waals surface area contributed by atoms with Crippen molar-refractivity contribution in [2.45, 2.75) is 44.6 Å². The second-order valence-corrected chi connectivity index (χ2v) is 7.05.